The van der Waals surface area contributed by atoms with Crippen LogP contribution in [-0.2, 0) is 33.4 Å². The topological polar surface area (TPSA) is 117 Å². The zero-order valence-electron chi connectivity index (χ0n) is 13.1. The third kappa shape index (κ3) is 6.16. The van der Waals surface area contributed by atoms with E-state index in [9.17, 15) is 18.0 Å². The van der Waals surface area contributed by atoms with Gasteiger partial charge in [0.05, 0.1) is 19.0 Å². The second-order valence-corrected chi connectivity index (χ2v) is 7.53. The molecule has 0 aromatic rings. The summed E-state index contributed by atoms with van der Waals surface area (Å²) in [5, 5.41) is 0. The maximum Gasteiger partial charge on any atom is 0.441 e. The van der Waals surface area contributed by atoms with E-state index in [4.69, 9.17) is 13.7 Å². The van der Waals surface area contributed by atoms with Crippen molar-refractivity contribution in [3.05, 3.63) is 0 Å². The van der Waals surface area contributed by atoms with Crippen LogP contribution in [0.1, 0.15) is 27.7 Å². The molecule has 128 valence electrons. The second kappa shape index (κ2) is 6.80. The van der Waals surface area contributed by atoms with Gasteiger partial charge in [0.25, 0.3) is 10.1 Å². The molecule has 1 aliphatic rings. The minimum Gasteiger partial charge on any atom is -0.442 e. The Hall–Kier alpha value is -1.39. The number of hydroxylamine groups is 1. The number of carbonyl (C=O) groups excluding carboxylic acids is 2. The van der Waals surface area contributed by atoms with E-state index in [-0.39, 0.29) is 6.61 Å². The number of carbonyl (C=O) groups is 2. The van der Waals surface area contributed by atoms with Crippen LogP contribution in [0.3, 0.4) is 0 Å². The van der Waals surface area contributed by atoms with Gasteiger partial charge in [-0.2, -0.15) is 8.42 Å². The van der Waals surface area contributed by atoms with Crippen LogP contribution in [0.4, 0.5) is 4.79 Å². The quantitative estimate of drug-likeness (QED) is 0.578. The van der Waals surface area contributed by atoms with Gasteiger partial charge in [-0.25, -0.2) is 9.59 Å². The van der Waals surface area contributed by atoms with Gasteiger partial charge in [0, 0.05) is 0 Å². The highest BCUT2D eigenvalue weighted by Gasteiger charge is 2.44. The first-order valence-electron chi connectivity index (χ1n) is 6.58. The molecule has 1 saturated heterocycles. The summed E-state index contributed by atoms with van der Waals surface area (Å²) < 4.78 is 37.2. The van der Waals surface area contributed by atoms with Gasteiger partial charge < -0.3 is 14.3 Å². The number of hydrogen-bond acceptors (Lipinski definition) is 8. The van der Waals surface area contributed by atoms with Crippen LogP contribution in [-0.4, -0.2) is 51.2 Å². The fraction of sp³-hybridized carbons (Fsp3) is 0.833. The third-order valence-electron chi connectivity index (χ3n) is 2.63. The maximum absolute atomic E-state index is 12.0. The van der Waals surface area contributed by atoms with E-state index in [1.54, 1.807) is 27.7 Å². The minimum atomic E-state index is -3.75. The molecule has 1 amide bonds. The highest BCUT2D eigenvalue weighted by Crippen LogP contribution is 2.26. The van der Waals surface area contributed by atoms with E-state index in [0.29, 0.717) is 0 Å². The molecule has 0 spiro atoms. The van der Waals surface area contributed by atoms with Crippen LogP contribution in [0.5, 0.6) is 0 Å². The fourth-order valence-electron chi connectivity index (χ4n) is 1.87. The number of hydrogen-bond donors (Lipinski definition) is 1. The summed E-state index contributed by atoms with van der Waals surface area (Å²) in [4.78, 5) is 28.0. The van der Waals surface area contributed by atoms with Crippen molar-refractivity contribution in [1.29, 1.82) is 0 Å². The van der Waals surface area contributed by atoms with Crippen molar-refractivity contribution in [2.24, 2.45) is 5.92 Å². The first-order chi connectivity index (χ1) is 9.89. The SMILES string of the molecule is CC1OCC(OS(C)(=O)=O)C1C(=O)ONC(=O)OC(C)(C)C. The Morgan fingerprint density at radius 1 is 1.27 bits per heavy atom. The number of ether oxygens (including phenoxy) is 2. The van der Waals surface area contributed by atoms with Crippen molar-refractivity contribution in [2.75, 3.05) is 12.9 Å². The Bertz CT molecular complexity index is 524. The van der Waals surface area contributed by atoms with E-state index in [1.807, 2.05) is 5.48 Å². The molecular formula is C12H21NO8S. The monoisotopic (exact) mass is 339 g/mol. The zero-order valence-corrected chi connectivity index (χ0v) is 13.9. The molecule has 10 heteroatoms. The summed E-state index contributed by atoms with van der Waals surface area (Å²) in [6.45, 7) is 6.46. The predicted molar refractivity (Wildman–Crippen MR) is 74.1 cm³/mol. The minimum absolute atomic E-state index is 0.0690. The van der Waals surface area contributed by atoms with E-state index < -0.39 is 45.9 Å². The van der Waals surface area contributed by atoms with Gasteiger partial charge in [-0.05, 0) is 27.7 Å². The van der Waals surface area contributed by atoms with Gasteiger partial charge in [0.1, 0.15) is 17.6 Å². The Morgan fingerprint density at radius 2 is 1.86 bits per heavy atom. The van der Waals surface area contributed by atoms with Crippen LogP contribution in [0.15, 0.2) is 0 Å². The molecule has 1 rings (SSSR count). The van der Waals surface area contributed by atoms with Gasteiger partial charge in [0.15, 0.2) is 0 Å². The Balaban J connectivity index is 2.60. The van der Waals surface area contributed by atoms with Gasteiger partial charge in [0.2, 0.25) is 0 Å². The van der Waals surface area contributed by atoms with E-state index in [2.05, 4.69) is 4.84 Å². The van der Waals surface area contributed by atoms with Crippen LogP contribution in [0, 0.1) is 5.92 Å². The van der Waals surface area contributed by atoms with E-state index >= 15 is 0 Å². The Labute approximate surface area is 129 Å². The van der Waals surface area contributed by atoms with Crippen LogP contribution in [0.2, 0.25) is 0 Å². The molecule has 0 aliphatic carbocycles. The molecule has 22 heavy (non-hydrogen) atoms. The molecule has 1 heterocycles. The number of nitrogens with one attached hydrogen (secondary N) is 1. The summed E-state index contributed by atoms with van der Waals surface area (Å²) in [6, 6.07) is 0. The normalized spacial score (nSPS) is 25.6. The molecule has 1 aliphatic heterocycles. The van der Waals surface area contributed by atoms with Crippen molar-refractivity contribution in [3.63, 3.8) is 0 Å². The summed E-state index contributed by atoms with van der Waals surface area (Å²) in [5.74, 6) is -1.85. The Kier molecular flexibility index (Phi) is 5.76. The largest absolute Gasteiger partial charge is 0.442 e. The van der Waals surface area contributed by atoms with Crippen molar-refractivity contribution < 1.29 is 36.5 Å². The lowest BCUT2D eigenvalue weighted by molar-refractivity contribution is -0.159. The second-order valence-electron chi connectivity index (χ2n) is 5.93. The van der Waals surface area contributed by atoms with Gasteiger partial charge in [-0.3, -0.25) is 4.18 Å². The first kappa shape index (κ1) is 18.7. The number of rotatable bonds is 3. The summed E-state index contributed by atoms with van der Waals surface area (Å²) >= 11 is 0. The highest BCUT2D eigenvalue weighted by atomic mass is 32.2. The van der Waals surface area contributed by atoms with E-state index in [1.165, 1.54) is 0 Å². The molecule has 0 aromatic carbocycles. The molecule has 0 aromatic heterocycles. The molecule has 1 fully saturated rings. The predicted octanol–water partition coefficient (Wildman–Crippen LogP) is 0.349. The highest BCUT2D eigenvalue weighted by molar-refractivity contribution is 7.86. The first-order valence-corrected chi connectivity index (χ1v) is 8.40. The summed E-state index contributed by atoms with van der Waals surface area (Å²) in [7, 11) is -3.75. The molecule has 0 radical (unpaired) electrons. The molecule has 1 N–H and O–H groups in total. The molecule has 0 bridgehead atoms. The van der Waals surface area contributed by atoms with Gasteiger partial charge in [-0.1, -0.05) is 0 Å². The lowest BCUT2D eigenvalue weighted by Gasteiger charge is -2.21. The number of amides is 1. The molecule has 9 nitrogen and oxygen atoms in total. The van der Waals surface area contributed by atoms with Crippen LogP contribution in [0.25, 0.3) is 0 Å². The van der Waals surface area contributed by atoms with Gasteiger partial charge >= 0.3 is 12.1 Å². The lowest BCUT2D eigenvalue weighted by atomic mass is 10.0. The fourth-order valence-corrected chi connectivity index (χ4v) is 2.50. The summed E-state index contributed by atoms with van der Waals surface area (Å²) in [5.41, 5.74) is 1.10. The Morgan fingerprint density at radius 3 is 2.36 bits per heavy atom. The standard InChI is InChI=1S/C12H21NO8S/c1-7-9(8(6-18-7)21-22(5,16)17)10(14)20-13-11(15)19-12(2,3)4/h7-9H,6H2,1-5H3,(H,13,15). The molecular weight excluding hydrogens is 318 g/mol. The smallest absolute Gasteiger partial charge is 0.441 e. The van der Waals surface area contributed by atoms with Crippen LogP contribution < -0.4 is 5.48 Å². The lowest BCUT2D eigenvalue weighted by Crippen LogP contribution is -2.40. The molecule has 3 unspecified atom stereocenters. The van der Waals surface area contributed by atoms with Crippen molar-refractivity contribution >= 4 is 22.2 Å². The molecule has 0 saturated carbocycles. The van der Waals surface area contributed by atoms with Crippen molar-refractivity contribution in [3.8, 4) is 0 Å². The molecule has 3 atom stereocenters. The van der Waals surface area contributed by atoms with Crippen molar-refractivity contribution in [2.45, 2.75) is 45.5 Å². The average molecular weight is 339 g/mol. The zero-order chi connectivity index (χ0) is 17.1. The summed E-state index contributed by atoms with van der Waals surface area (Å²) in [6.07, 6.45) is -1.68. The van der Waals surface area contributed by atoms with Crippen molar-refractivity contribution in [1.82, 2.24) is 5.48 Å². The maximum atomic E-state index is 12.0. The van der Waals surface area contributed by atoms with Crippen LogP contribution >= 0.6 is 0 Å². The van der Waals surface area contributed by atoms with Gasteiger partial charge in [-0.15, -0.1) is 5.48 Å². The third-order valence-corrected chi connectivity index (χ3v) is 3.23. The van der Waals surface area contributed by atoms with E-state index in [0.717, 1.165) is 6.26 Å². The average Bonchev–Trinajstić information content (AvgIpc) is 2.63.